The Kier molecular flexibility index (Phi) is 5.27. The summed E-state index contributed by atoms with van der Waals surface area (Å²) in [6.07, 6.45) is 7.06. The van der Waals surface area contributed by atoms with Gasteiger partial charge >= 0.3 is 0 Å². The molecule has 1 aromatic heterocycles. The second-order valence-corrected chi connectivity index (χ2v) is 6.64. The van der Waals surface area contributed by atoms with Gasteiger partial charge in [0.05, 0.1) is 0 Å². The zero-order valence-electron chi connectivity index (χ0n) is 12.3. The zero-order chi connectivity index (χ0) is 14.7. The molecule has 1 amide bonds. The molecule has 0 spiro atoms. The highest BCUT2D eigenvalue weighted by atomic mass is 79.9. The maximum Gasteiger partial charge on any atom is 0.270 e. The third kappa shape index (κ3) is 3.44. The van der Waals surface area contributed by atoms with Gasteiger partial charge in [0.25, 0.3) is 5.91 Å². The van der Waals surface area contributed by atoms with Gasteiger partial charge in [-0.15, -0.1) is 0 Å². The Labute approximate surface area is 129 Å². The normalized spacial score (nSPS) is 22.8. The molecule has 0 radical (unpaired) electrons. The summed E-state index contributed by atoms with van der Waals surface area (Å²) in [5, 5.41) is 0. The van der Waals surface area contributed by atoms with Crippen molar-refractivity contribution in [2.24, 2.45) is 5.73 Å². The van der Waals surface area contributed by atoms with E-state index in [1.165, 1.54) is 0 Å². The van der Waals surface area contributed by atoms with Gasteiger partial charge < -0.3 is 15.2 Å². The van der Waals surface area contributed by atoms with Crippen molar-refractivity contribution in [2.75, 3.05) is 7.05 Å². The van der Waals surface area contributed by atoms with Gasteiger partial charge in [-0.25, -0.2) is 0 Å². The third-order valence-electron chi connectivity index (χ3n) is 4.16. The topological polar surface area (TPSA) is 51.3 Å². The molecule has 0 aliphatic heterocycles. The van der Waals surface area contributed by atoms with Gasteiger partial charge in [-0.3, -0.25) is 4.79 Å². The predicted octanol–water partition coefficient (Wildman–Crippen LogP) is 3.00. The molecule has 0 bridgehead atoms. The minimum atomic E-state index is 0.115. The lowest BCUT2D eigenvalue weighted by Crippen LogP contribution is -2.42. The summed E-state index contributed by atoms with van der Waals surface area (Å²) in [5.41, 5.74) is 6.71. The molecular weight excluding hydrogens is 318 g/mol. The van der Waals surface area contributed by atoms with E-state index < -0.39 is 0 Å². The van der Waals surface area contributed by atoms with E-state index in [0.717, 1.165) is 48.8 Å². The van der Waals surface area contributed by atoms with E-state index in [1.807, 2.05) is 28.8 Å². The molecule has 0 atom stereocenters. The second kappa shape index (κ2) is 6.76. The van der Waals surface area contributed by atoms with Crippen molar-refractivity contribution >= 4 is 21.8 Å². The predicted molar refractivity (Wildman–Crippen MR) is 84.7 cm³/mol. The first-order chi connectivity index (χ1) is 9.52. The molecule has 4 nitrogen and oxygen atoms in total. The number of aromatic nitrogens is 1. The van der Waals surface area contributed by atoms with Gasteiger partial charge in [0.15, 0.2) is 0 Å². The number of amides is 1. The summed E-state index contributed by atoms with van der Waals surface area (Å²) in [7, 11) is 1.92. The summed E-state index contributed by atoms with van der Waals surface area (Å²) in [6.45, 7) is 2.99. The van der Waals surface area contributed by atoms with E-state index in [1.54, 1.807) is 0 Å². The molecule has 1 fully saturated rings. The number of nitrogens with two attached hydrogens (primary N) is 1. The Morgan fingerprint density at radius 1 is 1.45 bits per heavy atom. The fourth-order valence-corrected chi connectivity index (χ4v) is 3.38. The number of carbonyl (C=O) groups is 1. The molecule has 1 heterocycles. The van der Waals surface area contributed by atoms with Crippen LogP contribution in [0.5, 0.6) is 0 Å². The molecule has 1 aromatic rings. The van der Waals surface area contributed by atoms with Crippen LogP contribution in [0.1, 0.15) is 49.5 Å². The van der Waals surface area contributed by atoms with Crippen LogP contribution in [0.4, 0.5) is 0 Å². The summed E-state index contributed by atoms with van der Waals surface area (Å²) in [4.78, 5) is 14.6. The van der Waals surface area contributed by atoms with Crippen LogP contribution in [0.2, 0.25) is 0 Å². The highest BCUT2D eigenvalue weighted by Gasteiger charge is 2.27. The maximum absolute atomic E-state index is 12.7. The lowest BCUT2D eigenvalue weighted by molar-refractivity contribution is 0.0679. The van der Waals surface area contributed by atoms with Crippen LogP contribution in [0.25, 0.3) is 0 Å². The first-order valence-electron chi connectivity index (χ1n) is 7.41. The lowest BCUT2D eigenvalue weighted by atomic mass is 9.91. The molecule has 0 aromatic carbocycles. The maximum atomic E-state index is 12.7. The fraction of sp³-hybridized carbons (Fsp3) is 0.667. The smallest absolute Gasteiger partial charge is 0.270 e. The van der Waals surface area contributed by atoms with Gasteiger partial charge in [-0.1, -0.05) is 6.92 Å². The number of rotatable bonds is 4. The molecule has 20 heavy (non-hydrogen) atoms. The minimum absolute atomic E-state index is 0.115. The molecule has 0 unspecified atom stereocenters. The number of hydrogen-bond acceptors (Lipinski definition) is 2. The van der Waals surface area contributed by atoms with Gasteiger partial charge in [0.2, 0.25) is 0 Å². The van der Waals surface area contributed by atoms with Crippen LogP contribution < -0.4 is 5.73 Å². The molecule has 5 heteroatoms. The van der Waals surface area contributed by atoms with Crippen LogP contribution in [-0.4, -0.2) is 34.5 Å². The summed E-state index contributed by atoms with van der Waals surface area (Å²) in [6, 6.07) is 2.56. The summed E-state index contributed by atoms with van der Waals surface area (Å²) >= 11 is 3.47. The third-order valence-corrected chi connectivity index (χ3v) is 4.59. The van der Waals surface area contributed by atoms with Gasteiger partial charge in [0, 0.05) is 36.3 Å². The standard InChI is InChI=1S/C15H24BrN3O/c1-3-8-19-10-11(16)9-14(19)15(20)18(2)13-6-4-12(17)5-7-13/h9-10,12-13H,3-8,17H2,1-2H3. The Morgan fingerprint density at radius 3 is 2.70 bits per heavy atom. The SMILES string of the molecule is CCCn1cc(Br)cc1C(=O)N(C)C1CCC(N)CC1. The average molecular weight is 342 g/mol. The minimum Gasteiger partial charge on any atom is -0.342 e. The Hall–Kier alpha value is -0.810. The lowest BCUT2D eigenvalue weighted by Gasteiger charge is -2.33. The summed E-state index contributed by atoms with van der Waals surface area (Å²) < 4.78 is 3.01. The van der Waals surface area contributed by atoms with Crippen LogP contribution in [-0.2, 0) is 6.54 Å². The van der Waals surface area contributed by atoms with E-state index in [0.29, 0.717) is 12.1 Å². The first-order valence-corrected chi connectivity index (χ1v) is 8.20. The highest BCUT2D eigenvalue weighted by molar-refractivity contribution is 9.10. The van der Waals surface area contributed by atoms with Gasteiger partial charge in [0.1, 0.15) is 5.69 Å². The molecule has 1 saturated carbocycles. The van der Waals surface area contributed by atoms with Crippen molar-refractivity contribution in [3.63, 3.8) is 0 Å². The van der Waals surface area contributed by atoms with E-state index in [9.17, 15) is 4.79 Å². The van der Waals surface area contributed by atoms with Crippen LogP contribution >= 0.6 is 15.9 Å². The van der Waals surface area contributed by atoms with Crippen molar-refractivity contribution in [3.8, 4) is 0 Å². The molecule has 2 rings (SSSR count). The van der Waals surface area contributed by atoms with E-state index >= 15 is 0 Å². The van der Waals surface area contributed by atoms with E-state index in [4.69, 9.17) is 5.73 Å². The monoisotopic (exact) mass is 341 g/mol. The number of hydrogen-bond donors (Lipinski definition) is 1. The van der Waals surface area contributed by atoms with Gasteiger partial charge in [-0.2, -0.15) is 0 Å². The van der Waals surface area contributed by atoms with E-state index in [-0.39, 0.29) is 5.91 Å². The van der Waals surface area contributed by atoms with Crippen LogP contribution in [0, 0.1) is 0 Å². The molecule has 1 aliphatic rings. The van der Waals surface area contributed by atoms with E-state index in [2.05, 4.69) is 22.9 Å². The molecule has 112 valence electrons. The Morgan fingerprint density at radius 2 is 2.10 bits per heavy atom. The van der Waals surface area contributed by atoms with Crippen LogP contribution in [0.3, 0.4) is 0 Å². The Balaban J connectivity index is 2.10. The molecule has 2 N–H and O–H groups in total. The largest absolute Gasteiger partial charge is 0.342 e. The Bertz CT molecular complexity index is 464. The van der Waals surface area contributed by atoms with Crippen molar-refractivity contribution < 1.29 is 4.79 Å². The number of halogens is 1. The average Bonchev–Trinajstić information content (AvgIpc) is 2.79. The van der Waals surface area contributed by atoms with Crippen molar-refractivity contribution in [1.82, 2.24) is 9.47 Å². The van der Waals surface area contributed by atoms with Crippen molar-refractivity contribution in [2.45, 2.75) is 57.7 Å². The fourth-order valence-electron chi connectivity index (χ4n) is 2.92. The van der Waals surface area contributed by atoms with Gasteiger partial charge in [-0.05, 0) is 54.1 Å². The summed E-state index contributed by atoms with van der Waals surface area (Å²) in [5.74, 6) is 0.115. The van der Waals surface area contributed by atoms with Crippen LogP contribution in [0.15, 0.2) is 16.7 Å². The molecule has 1 aliphatic carbocycles. The number of carbonyl (C=O) groups excluding carboxylic acids is 1. The molecular formula is C15H24BrN3O. The first kappa shape index (κ1) is 15.6. The quantitative estimate of drug-likeness (QED) is 0.915. The number of nitrogens with zero attached hydrogens (tertiary/aromatic N) is 2. The molecule has 0 saturated heterocycles. The zero-order valence-corrected chi connectivity index (χ0v) is 13.9. The number of aryl methyl sites for hydroxylation is 1. The van der Waals surface area contributed by atoms with Crippen molar-refractivity contribution in [3.05, 3.63) is 22.4 Å². The highest BCUT2D eigenvalue weighted by Crippen LogP contribution is 2.24. The van der Waals surface area contributed by atoms with Crippen molar-refractivity contribution in [1.29, 1.82) is 0 Å². The second-order valence-electron chi connectivity index (χ2n) is 5.72.